The second-order valence-electron chi connectivity index (χ2n) is 7.50. The third-order valence-corrected chi connectivity index (χ3v) is 9.79. The van der Waals surface area contributed by atoms with Crippen molar-refractivity contribution in [2.45, 2.75) is 61.8 Å². The van der Waals surface area contributed by atoms with Crippen LogP contribution in [0.2, 0.25) is 0 Å². The molecular weight excluding hydrogens is 374 g/mol. The molecule has 8 heteroatoms. The Labute approximate surface area is 156 Å². The van der Waals surface area contributed by atoms with Gasteiger partial charge in [0.2, 0.25) is 0 Å². The number of methoxy groups -OCH3 is 1. The number of hydrogen-bond acceptors (Lipinski definition) is 6. The Morgan fingerprint density at radius 2 is 1.73 bits per heavy atom. The van der Waals surface area contributed by atoms with Crippen LogP contribution in [0.5, 0.6) is 5.75 Å². The zero-order valence-corrected chi connectivity index (χ0v) is 17.1. The fraction of sp³-hybridized carbons (Fsp3) is 0.667. The molecule has 1 heterocycles. The van der Waals surface area contributed by atoms with E-state index in [4.69, 9.17) is 4.74 Å². The molecule has 1 saturated carbocycles. The van der Waals surface area contributed by atoms with Crippen molar-refractivity contribution in [2.24, 2.45) is 0 Å². The van der Waals surface area contributed by atoms with Crippen molar-refractivity contribution in [3.05, 3.63) is 23.3 Å². The Kier molecular flexibility index (Phi) is 5.38. The highest BCUT2D eigenvalue weighted by molar-refractivity contribution is 7.96. The number of aryl methyl sites for hydroxylation is 2. The molecule has 2 aliphatic rings. The van der Waals surface area contributed by atoms with Gasteiger partial charge in [-0.3, -0.25) is 0 Å². The average Bonchev–Trinajstić information content (AvgIpc) is 3.16. The summed E-state index contributed by atoms with van der Waals surface area (Å²) in [6.07, 6.45) is 4.16. The molecule has 6 nitrogen and oxygen atoms in total. The van der Waals surface area contributed by atoms with E-state index >= 15 is 0 Å². The third-order valence-electron chi connectivity index (χ3n) is 5.50. The van der Waals surface area contributed by atoms with Gasteiger partial charge in [-0.2, -0.15) is 0 Å². The van der Waals surface area contributed by atoms with Crippen molar-refractivity contribution < 1.29 is 21.6 Å². The van der Waals surface area contributed by atoms with Gasteiger partial charge in [0, 0.05) is 12.1 Å². The summed E-state index contributed by atoms with van der Waals surface area (Å²) in [6, 6.07) is 2.96. The Morgan fingerprint density at radius 3 is 2.35 bits per heavy atom. The summed E-state index contributed by atoms with van der Waals surface area (Å²) in [5.74, 6) is 0.201. The smallest absolute Gasteiger partial charge is 0.184 e. The molecule has 2 fully saturated rings. The lowest BCUT2D eigenvalue weighted by molar-refractivity contribution is 0.411. The molecule has 0 aromatic heterocycles. The van der Waals surface area contributed by atoms with Crippen molar-refractivity contribution in [3.63, 3.8) is 0 Å². The summed E-state index contributed by atoms with van der Waals surface area (Å²) in [5, 5.41) is 2.39. The van der Waals surface area contributed by atoms with Gasteiger partial charge in [-0.05, 0) is 49.9 Å². The molecule has 0 unspecified atom stereocenters. The standard InChI is InChI=1S/C18H27NO5S2/c1-12-9-17(13(2)8-16(12)24-3)26(22,23)18-11-25(20,21)10-15(18)19-14-6-4-5-7-14/h8-9,14-15,18-19H,4-7,10-11H2,1-3H3/t15-,18-/m0/s1. The molecule has 1 aliphatic carbocycles. The third kappa shape index (κ3) is 3.77. The quantitative estimate of drug-likeness (QED) is 0.809. The number of ether oxygens (including phenoxy) is 1. The minimum absolute atomic E-state index is 0.110. The number of rotatable bonds is 5. The largest absolute Gasteiger partial charge is 0.496 e. The van der Waals surface area contributed by atoms with E-state index in [0.29, 0.717) is 11.3 Å². The van der Waals surface area contributed by atoms with Crippen LogP contribution >= 0.6 is 0 Å². The first-order valence-electron chi connectivity index (χ1n) is 8.99. The average molecular weight is 402 g/mol. The molecule has 1 aliphatic heterocycles. The van der Waals surface area contributed by atoms with Crippen LogP contribution in [0.15, 0.2) is 17.0 Å². The van der Waals surface area contributed by atoms with Crippen molar-refractivity contribution in [2.75, 3.05) is 18.6 Å². The maximum absolute atomic E-state index is 13.3. The fourth-order valence-corrected chi connectivity index (χ4v) is 9.11. The zero-order chi connectivity index (χ0) is 19.1. The summed E-state index contributed by atoms with van der Waals surface area (Å²) in [4.78, 5) is 0.205. The van der Waals surface area contributed by atoms with Gasteiger partial charge in [0.1, 0.15) is 5.75 Å². The molecule has 3 rings (SSSR count). The van der Waals surface area contributed by atoms with Crippen LogP contribution in [0.1, 0.15) is 36.8 Å². The molecule has 0 bridgehead atoms. The summed E-state index contributed by atoms with van der Waals surface area (Å²) >= 11 is 0. The molecule has 26 heavy (non-hydrogen) atoms. The molecular formula is C18H27NO5S2. The van der Waals surface area contributed by atoms with Crippen molar-refractivity contribution >= 4 is 19.7 Å². The highest BCUT2D eigenvalue weighted by Crippen LogP contribution is 2.32. The van der Waals surface area contributed by atoms with E-state index < -0.39 is 31.0 Å². The lowest BCUT2D eigenvalue weighted by Gasteiger charge is -2.24. The molecule has 1 aromatic rings. The maximum Gasteiger partial charge on any atom is 0.184 e. The minimum Gasteiger partial charge on any atom is -0.496 e. The molecule has 1 aromatic carbocycles. The summed E-state index contributed by atoms with van der Waals surface area (Å²) in [7, 11) is -5.61. The molecule has 146 valence electrons. The van der Waals surface area contributed by atoms with Crippen LogP contribution in [-0.4, -0.2) is 52.8 Å². The zero-order valence-electron chi connectivity index (χ0n) is 15.5. The number of sulfone groups is 2. The van der Waals surface area contributed by atoms with Crippen molar-refractivity contribution in [3.8, 4) is 5.75 Å². The highest BCUT2D eigenvalue weighted by atomic mass is 32.2. The van der Waals surface area contributed by atoms with E-state index in [1.807, 2.05) is 0 Å². The monoisotopic (exact) mass is 401 g/mol. The molecule has 1 saturated heterocycles. The second-order valence-corrected chi connectivity index (χ2v) is 11.8. The first-order chi connectivity index (χ1) is 12.1. The van der Waals surface area contributed by atoms with Crippen LogP contribution in [-0.2, 0) is 19.7 Å². The summed E-state index contributed by atoms with van der Waals surface area (Å²) in [6.45, 7) is 3.51. The van der Waals surface area contributed by atoms with E-state index in [9.17, 15) is 16.8 Å². The number of benzene rings is 1. The first-order valence-corrected chi connectivity index (χ1v) is 12.4. The van der Waals surface area contributed by atoms with Gasteiger partial charge in [-0.15, -0.1) is 0 Å². The lowest BCUT2D eigenvalue weighted by Crippen LogP contribution is -2.47. The van der Waals surface area contributed by atoms with Gasteiger partial charge < -0.3 is 10.1 Å². The fourth-order valence-electron chi connectivity index (χ4n) is 4.12. The topological polar surface area (TPSA) is 89.5 Å². The lowest BCUT2D eigenvalue weighted by atomic mass is 10.1. The normalized spacial score (nSPS) is 26.3. The summed E-state index contributed by atoms with van der Waals surface area (Å²) in [5.41, 5.74) is 1.30. The van der Waals surface area contributed by atoms with Gasteiger partial charge in [-0.25, -0.2) is 16.8 Å². The molecule has 0 amide bonds. The molecule has 1 N–H and O–H groups in total. The number of hydrogen-bond donors (Lipinski definition) is 1. The van der Waals surface area contributed by atoms with E-state index in [1.165, 1.54) is 0 Å². The van der Waals surface area contributed by atoms with Crippen LogP contribution in [0.4, 0.5) is 0 Å². The van der Waals surface area contributed by atoms with E-state index in [-0.39, 0.29) is 22.4 Å². The van der Waals surface area contributed by atoms with Crippen LogP contribution in [0.3, 0.4) is 0 Å². The van der Waals surface area contributed by atoms with E-state index in [0.717, 1.165) is 31.2 Å². The Morgan fingerprint density at radius 1 is 1.08 bits per heavy atom. The van der Waals surface area contributed by atoms with Crippen molar-refractivity contribution in [1.29, 1.82) is 0 Å². The van der Waals surface area contributed by atoms with Gasteiger partial charge in [-0.1, -0.05) is 12.8 Å². The maximum atomic E-state index is 13.3. The molecule has 0 spiro atoms. The van der Waals surface area contributed by atoms with Crippen LogP contribution in [0, 0.1) is 13.8 Å². The van der Waals surface area contributed by atoms with Gasteiger partial charge in [0.15, 0.2) is 19.7 Å². The van der Waals surface area contributed by atoms with Crippen LogP contribution in [0.25, 0.3) is 0 Å². The predicted molar refractivity (Wildman–Crippen MR) is 101 cm³/mol. The van der Waals surface area contributed by atoms with Gasteiger partial charge in [0.25, 0.3) is 0 Å². The predicted octanol–water partition coefficient (Wildman–Crippen LogP) is 1.78. The minimum atomic E-state index is -3.78. The summed E-state index contributed by atoms with van der Waals surface area (Å²) < 4.78 is 56.4. The van der Waals surface area contributed by atoms with Crippen molar-refractivity contribution in [1.82, 2.24) is 5.32 Å². The van der Waals surface area contributed by atoms with E-state index in [2.05, 4.69) is 5.32 Å². The highest BCUT2D eigenvalue weighted by Gasteiger charge is 2.47. The number of nitrogens with one attached hydrogen (secondary N) is 1. The Balaban J connectivity index is 1.97. The molecule has 2 atom stereocenters. The van der Waals surface area contributed by atoms with Gasteiger partial charge in [0.05, 0.1) is 28.8 Å². The Hall–Kier alpha value is -1.12. The Bertz CT molecular complexity index is 886. The SMILES string of the molecule is COc1cc(C)c(S(=O)(=O)[C@H]2CS(=O)(=O)C[C@@H]2NC2CCCC2)cc1C. The second kappa shape index (κ2) is 7.13. The van der Waals surface area contributed by atoms with Gasteiger partial charge >= 0.3 is 0 Å². The van der Waals surface area contributed by atoms with E-state index in [1.54, 1.807) is 33.1 Å². The van der Waals surface area contributed by atoms with Crippen LogP contribution < -0.4 is 10.1 Å². The first kappa shape index (κ1) is 19.6. The molecule has 0 radical (unpaired) electrons.